The monoisotopic (exact) mass is 315 g/mol. The zero-order valence-electron chi connectivity index (χ0n) is 11.7. The predicted octanol–water partition coefficient (Wildman–Crippen LogP) is 1.71. The maximum atomic E-state index is 11.7. The summed E-state index contributed by atoms with van der Waals surface area (Å²) in [5.41, 5.74) is 0. The highest BCUT2D eigenvalue weighted by molar-refractivity contribution is 6.32. The molecule has 0 saturated heterocycles. The van der Waals surface area contributed by atoms with Gasteiger partial charge < -0.3 is 19.9 Å². The molecule has 0 spiro atoms. The minimum atomic E-state index is -1.09. The topological polar surface area (TPSA) is 84.9 Å². The van der Waals surface area contributed by atoms with Crippen LogP contribution in [0, 0.1) is 0 Å². The van der Waals surface area contributed by atoms with Gasteiger partial charge in [-0.2, -0.15) is 0 Å². The first-order valence-corrected chi connectivity index (χ1v) is 6.81. The smallest absolute Gasteiger partial charge is 0.326 e. The van der Waals surface area contributed by atoms with Crippen molar-refractivity contribution in [3.8, 4) is 5.75 Å². The number of ether oxygens (including phenoxy) is 2. The van der Waals surface area contributed by atoms with E-state index in [1.54, 1.807) is 24.3 Å². The van der Waals surface area contributed by atoms with Gasteiger partial charge in [0.25, 0.3) is 5.91 Å². The van der Waals surface area contributed by atoms with Crippen molar-refractivity contribution in [3.05, 3.63) is 29.3 Å². The standard InChI is InChI=1S/C14H18ClNO5/c1-20-8-4-6-11(14(18)19)16-13(17)9-21-12-7-3-2-5-10(12)15/h2-3,5,7,11H,4,6,8-9H2,1H3,(H,16,17)(H,18,19). The van der Waals surface area contributed by atoms with E-state index in [2.05, 4.69) is 5.32 Å². The highest BCUT2D eigenvalue weighted by atomic mass is 35.5. The van der Waals surface area contributed by atoms with Crippen LogP contribution in [0.4, 0.5) is 0 Å². The third-order valence-corrected chi connectivity index (χ3v) is 2.98. The minimum Gasteiger partial charge on any atom is -0.482 e. The van der Waals surface area contributed by atoms with Gasteiger partial charge in [-0.1, -0.05) is 23.7 Å². The zero-order chi connectivity index (χ0) is 15.7. The first-order chi connectivity index (χ1) is 10.0. The second-order valence-electron chi connectivity index (χ2n) is 4.31. The zero-order valence-corrected chi connectivity index (χ0v) is 12.4. The largest absolute Gasteiger partial charge is 0.482 e. The number of carboxylic acid groups (broad SMARTS) is 1. The van der Waals surface area contributed by atoms with Gasteiger partial charge in [0.05, 0.1) is 5.02 Å². The van der Waals surface area contributed by atoms with Crippen molar-refractivity contribution in [3.63, 3.8) is 0 Å². The average Bonchev–Trinajstić information content (AvgIpc) is 2.45. The quantitative estimate of drug-likeness (QED) is 0.678. The van der Waals surface area contributed by atoms with Gasteiger partial charge in [0.1, 0.15) is 11.8 Å². The van der Waals surface area contributed by atoms with E-state index in [0.717, 1.165) is 0 Å². The molecule has 2 N–H and O–H groups in total. The number of halogens is 1. The molecule has 7 heteroatoms. The summed E-state index contributed by atoms with van der Waals surface area (Å²) in [7, 11) is 1.53. The van der Waals surface area contributed by atoms with E-state index < -0.39 is 17.9 Å². The Labute approximate surface area is 128 Å². The Balaban J connectivity index is 2.43. The molecule has 1 aromatic carbocycles. The summed E-state index contributed by atoms with van der Waals surface area (Å²) < 4.78 is 10.1. The molecule has 0 bridgehead atoms. The fourth-order valence-corrected chi connectivity index (χ4v) is 1.82. The van der Waals surface area contributed by atoms with E-state index in [1.165, 1.54) is 7.11 Å². The number of carbonyl (C=O) groups excluding carboxylic acids is 1. The molecule has 0 aliphatic heterocycles. The second kappa shape index (κ2) is 9.20. The van der Waals surface area contributed by atoms with Gasteiger partial charge in [0.2, 0.25) is 0 Å². The number of aliphatic carboxylic acids is 1. The number of para-hydroxylation sites is 1. The van der Waals surface area contributed by atoms with Crippen molar-refractivity contribution in [2.24, 2.45) is 0 Å². The maximum absolute atomic E-state index is 11.7. The van der Waals surface area contributed by atoms with Gasteiger partial charge in [-0.15, -0.1) is 0 Å². The van der Waals surface area contributed by atoms with E-state index in [0.29, 0.717) is 30.2 Å². The Kier molecular flexibility index (Phi) is 7.56. The van der Waals surface area contributed by atoms with Crippen LogP contribution in [0.15, 0.2) is 24.3 Å². The summed E-state index contributed by atoms with van der Waals surface area (Å²) in [4.78, 5) is 22.7. The molecular weight excluding hydrogens is 298 g/mol. The number of benzene rings is 1. The number of hydrogen-bond donors (Lipinski definition) is 2. The predicted molar refractivity (Wildman–Crippen MR) is 77.6 cm³/mol. The van der Waals surface area contributed by atoms with Crippen LogP contribution in [0.25, 0.3) is 0 Å². The van der Waals surface area contributed by atoms with Crippen LogP contribution >= 0.6 is 11.6 Å². The Morgan fingerprint density at radius 1 is 1.38 bits per heavy atom. The van der Waals surface area contributed by atoms with Gasteiger partial charge in [-0.3, -0.25) is 4.79 Å². The third-order valence-electron chi connectivity index (χ3n) is 2.67. The lowest BCUT2D eigenvalue weighted by atomic mass is 10.1. The first-order valence-electron chi connectivity index (χ1n) is 6.43. The van der Waals surface area contributed by atoms with Gasteiger partial charge in [0, 0.05) is 13.7 Å². The molecule has 116 valence electrons. The van der Waals surface area contributed by atoms with Crippen LogP contribution in [0.5, 0.6) is 5.75 Å². The fraction of sp³-hybridized carbons (Fsp3) is 0.429. The summed E-state index contributed by atoms with van der Waals surface area (Å²) in [5.74, 6) is -1.22. The molecule has 21 heavy (non-hydrogen) atoms. The third kappa shape index (κ3) is 6.46. The molecule has 0 radical (unpaired) electrons. The van der Waals surface area contributed by atoms with Crippen LogP contribution < -0.4 is 10.1 Å². The Bertz CT molecular complexity index is 480. The van der Waals surface area contributed by atoms with E-state index in [1.807, 2.05) is 0 Å². The van der Waals surface area contributed by atoms with Gasteiger partial charge in [0.15, 0.2) is 6.61 Å². The Hall–Kier alpha value is -1.79. The van der Waals surface area contributed by atoms with E-state index in [9.17, 15) is 9.59 Å². The van der Waals surface area contributed by atoms with E-state index in [-0.39, 0.29) is 6.61 Å². The van der Waals surface area contributed by atoms with Gasteiger partial charge in [-0.05, 0) is 25.0 Å². The molecule has 1 rings (SSSR count). The highest BCUT2D eigenvalue weighted by Crippen LogP contribution is 2.22. The molecule has 1 aromatic rings. The van der Waals surface area contributed by atoms with Crippen molar-refractivity contribution >= 4 is 23.5 Å². The van der Waals surface area contributed by atoms with Crippen molar-refractivity contribution in [1.82, 2.24) is 5.32 Å². The van der Waals surface area contributed by atoms with Crippen LogP contribution in [0.1, 0.15) is 12.8 Å². The summed E-state index contributed by atoms with van der Waals surface area (Å²) in [6.45, 7) is 0.146. The summed E-state index contributed by atoms with van der Waals surface area (Å²) in [6.07, 6.45) is 0.833. The number of carboxylic acids is 1. The lowest BCUT2D eigenvalue weighted by Gasteiger charge is -2.14. The first kappa shape index (κ1) is 17.3. The minimum absolute atomic E-state index is 0.293. The molecule has 0 fully saturated rings. The Morgan fingerprint density at radius 3 is 2.71 bits per heavy atom. The molecule has 0 aromatic heterocycles. The molecule has 1 amide bonds. The molecule has 0 saturated carbocycles. The maximum Gasteiger partial charge on any atom is 0.326 e. The molecule has 0 aliphatic carbocycles. The number of rotatable bonds is 9. The summed E-state index contributed by atoms with van der Waals surface area (Å²) in [6, 6.07) is 5.78. The van der Waals surface area contributed by atoms with Crippen molar-refractivity contribution in [2.75, 3.05) is 20.3 Å². The fourth-order valence-electron chi connectivity index (χ4n) is 1.63. The SMILES string of the molecule is COCCCC(NC(=O)COc1ccccc1Cl)C(=O)O. The van der Waals surface area contributed by atoms with Gasteiger partial charge in [-0.25, -0.2) is 4.79 Å². The van der Waals surface area contributed by atoms with Crippen molar-refractivity contribution in [2.45, 2.75) is 18.9 Å². The lowest BCUT2D eigenvalue weighted by molar-refractivity contribution is -0.142. The second-order valence-corrected chi connectivity index (χ2v) is 4.72. The van der Waals surface area contributed by atoms with Crippen molar-refractivity contribution < 1.29 is 24.2 Å². The molecular formula is C14H18ClNO5. The number of carbonyl (C=O) groups is 2. The van der Waals surface area contributed by atoms with Crippen LogP contribution in [-0.2, 0) is 14.3 Å². The molecule has 6 nitrogen and oxygen atoms in total. The lowest BCUT2D eigenvalue weighted by Crippen LogP contribution is -2.43. The molecule has 0 heterocycles. The van der Waals surface area contributed by atoms with Gasteiger partial charge >= 0.3 is 5.97 Å². The number of methoxy groups -OCH3 is 1. The van der Waals surface area contributed by atoms with Crippen LogP contribution in [0.3, 0.4) is 0 Å². The molecule has 1 atom stereocenters. The number of nitrogens with one attached hydrogen (secondary N) is 1. The van der Waals surface area contributed by atoms with E-state index >= 15 is 0 Å². The molecule has 0 aliphatic rings. The van der Waals surface area contributed by atoms with E-state index in [4.69, 9.17) is 26.2 Å². The van der Waals surface area contributed by atoms with Crippen LogP contribution in [-0.4, -0.2) is 43.3 Å². The number of hydrogen-bond acceptors (Lipinski definition) is 4. The highest BCUT2D eigenvalue weighted by Gasteiger charge is 2.19. The molecule has 1 unspecified atom stereocenters. The van der Waals surface area contributed by atoms with Crippen LogP contribution in [0.2, 0.25) is 5.02 Å². The normalized spacial score (nSPS) is 11.7. The number of amides is 1. The summed E-state index contributed by atoms with van der Waals surface area (Å²) >= 11 is 5.88. The Morgan fingerprint density at radius 2 is 2.10 bits per heavy atom. The van der Waals surface area contributed by atoms with Crippen molar-refractivity contribution in [1.29, 1.82) is 0 Å². The average molecular weight is 316 g/mol. The summed E-state index contributed by atoms with van der Waals surface area (Å²) in [5, 5.41) is 11.8.